The Kier molecular flexibility index (Phi) is 3.25. The van der Waals surface area contributed by atoms with Gasteiger partial charge in [0.1, 0.15) is 12.2 Å². The normalized spacial score (nSPS) is 35.1. The molecule has 0 bridgehead atoms. The van der Waals surface area contributed by atoms with Crippen LogP contribution >= 0.6 is 0 Å². The van der Waals surface area contributed by atoms with Crippen LogP contribution in [0.3, 0.4) is 0 Å². The fourth-order valence-electron chi connectivity index (χ4n) is 1.93. The van der Waals surface area contributed by atoms with E-state index in [2.05, 4.69) is 11.4 Å². The second-order valence-corrected chi connectivity index (χ2v) is 3.64. The fourth-order valence-corrected chi connectivity index (χ4v) is 1.93. The minimum Gasteiger partial charge on any atom is -0.454 e. The van der Waals surface area contributed by atoms with Gasteiger partial charge in [0, 0.05) is 6.08 Å². The maximum Gasteiger partial charge on any atom is 0.330 e. The minimum atomic E-state index is -0.886. The molecule has 0 saturated carbocycles. The molecule has 2 saturated heterocycles. The van der Waals surface area contributed by atoms with Crippen LogP contribution in [0.1, 0.15) is 0 Å². The number of carbonyl (C=O) groups is 1. The average Bonchev–Trinajstić information content (AvgIpc) is 2.83. The summed E-state index contributed by atoms with van der Waals surface area (Å²) in [5.41, 5.74) is 0. The van der Waals surface area contributed by atoms with Crippen LogP contribution in [0, 0.1) is 10.1 Å². The van der Waals surface area contributed by atoms with Gasteiger partial charge in [-0.2, -0.15) is 0 Å². The smallest absolute Gasteiger partial charge is 0.330 e. The fraction of sp³-hybridized carbons (Fsp3) is 0.667. The topological polar surface area (TPSA) is 97.1 Å². The summed E-state index contributed by atoms with van der Waals surface area (Å²) in [4.78, 5) is 25.7. The van der Waals surface area contributed by atoms with Gasteiger partial charge in [-0.1, -0.05) is 6.58 Å². The number of nitrogens with zero attached hydrogens (tertiary/aromatic N) is 1. The van der Waals surface area contributed by atoms with Gasteiger partial charge in [0.05, 0.1) is 13.2 Å². The summed E-state index contributed by atoms with van der Waals surface area (Å²) in [6, 6.07) is 0. The molecular formula is C9H11NO7. The lowest BCUT2D eigenvalue weighted by molar-refractivity contribution is -0.769. The van der Waals surface area contributed by atoms with E-state index in [1.54, 1.807) is 0 Å². The molecule has 0 aromatic rings. The molecule has 0 aliphatic carbocycles. The van der Waals surface area contributed by atoms with Gasteiger partial charge in [-0.25, -0.2) is 4.79 Å². The highest BCUT2D eigenvalue weighted by atomic mass is 17.0. The molecule has 2 aliphatic heterocycles. The molecule has 0 amide bonds. The van der Waals surface area contributed by atoms with Gasteiger partial charge in [0.2, 0.25) is 0 Å². The van der Waals surface area contributed by atoms with Crippen molar-refractivity contribution in [2.75, 3.05) is 13.2 Å². The standard InChI is InChI=1S/C9H11NO7/c1-2-7(11)16-5-3-14-9-6(17-10(12)13)4-15-8(5)9/h2,5-6,8-9H,1,3-4H2/t5-,6+,8+,9+/m0/s1. The lowest BCUT2D eigenvalue weighted by atomic mass is 10.1. The van der Waals surface area contributed by atoms with Gasteiger partial charge in [-0.3, -0.25) is 0 Å². The first kappa shape index (κ1) is 11.8. The Bertz CT molecular complexity index is 344. The molecule has 0 aromatic heterocycles. The van der Waals surface area contributed by atoms with Crippen molar-refractivity contribution >= 4 is 5.97 Å². The van der Waals surface area contributed by atoms with E-state index in [0.717, 1.165) is 6.08 Å². The third-order valence-electron chi connectivity index (χ3n) is 2.62. The highest BCUT2D eigenvalue weighted by Gasteiger charge is 2.50. The zero-order valence-corrected chi connectivity index (χ0v) is 8.81. The highest BCUT2D eigenvalue weighted by Crippen LogP contribution is 2.30. The number of hydrogen-bond donors (Lipinski definition) is 0. The summed E-state index contributed by atoms with van der Waals surface area (Å²) in [5.74, 6) is -0.582. The molecule has 2 aliphatic rings. The van der Waals surface area contributed by atoms with E-state index in [0.29, 0.717) is 0 Å². The number of hydrogen-bond acceptors (Lipinski definition) is 7. The molecule has 0 N–H and O–H groups in total. The molecule has 2 rings (SSSR count). The van der Waals surface area contributed by atoms with Crippen molar-refractivity contribution < 1.29 is 28.9 Å². The molecule has 8 heteroatoms. The summed E-state index contributed by atoms with van der Waals surface area (Å²) in [6.07, 6.45) is -1.42. The molecule has 17 heavy (non-hydrogen) atoms. The molecule has 8 nitrogen and oxygen atoms in total. The van der Waals surface area contributed by atoms with E-state index in [4.69, 9.17) is 14.2 Å². The van der Waals surface area contributed by atoms with Crippen molar-refractivity contribution in [3.05, 3.63) is 22.8 Å². The number of carbonyl (C=O) groups excluding carboxylic acids is 1. The summed E-state index contributed by atoms with van der Waals surface area (Å²) in [7, 11) is 0. The summed E-state index contributed by atoms with van der Waals surface area (Å²) in [6.45, 7) is 3.44. The number of esters is 1. The first-order valence-electron chi connectivity index (χ1n) is 4.99. The average molecular weight is 245 g/mol. The van der Waals surface area contributed by atoms with E-state index in [9.17, 15) is 14.9 Å². The molecular weight excluding hydrogens is 234 g/mol. The van der Waals surface area contributed by atoms with Crippen molar-refractivity contribution in [3.8, 4) is 0 Å². The molecule has 0 aromatic carbocycles. The Morgan fingerprint density at radius 3 is 2.53 bits per heavy atom. The second-order valence-electron chi connectivity index (χ2n) is 3.64. The summed E-state index contributed by atoms with van der Waals surface area (Å²) < 4.78 is 15.6. The zero-order chi connectivity index (χ0) is 12.4. The van der Waals surface area contributed by atoms with Gasteiger partial charge in [-0.05, 0) is 0 Å². The van der Waals surface area contributed by atoms with Crippen LogP contribution < -0.4 is 0 Å². The van der Waals surface area contributed by atoms with Crippen LogP contribution in [0.5, 0.6) is 0 Å². The number of rotatable bonds is 4. The van der Waals surface area contributed by atoms with Crippen molar-refractivity contribution in [2.45, 2.75) is 24.4 Å². The van der Waals surface area contributed by atoms with E-state index in [1.165, 1.54) is 0 Å². The van der Waals surface area contributed by atoms with Crippen LogP contribution in [0.25, 0.3) is 0 Å². The van der Waals surface area contributed by atoms with Crippen LogP contribution in [0.15, 0.2) is 12.7 Å². The van der Waals surface area contributed by atoms with Crippen molar-refractivity contribution in [3.63, 3.8) is 0 Å². The molecule has 0 unspecified atom stereocenters. The van der Waals surface area contributed by atoms with Crippen molar-refractivity contribution in [1.82, 2.24) is 0 Å². The van der Waals surface area contributed by atoms with Crippen LogP contribution in [0.2, 0.25) is 0 Å². The Morgan fingerprint density at radius 1 is 1.35 bits per heavy atom. The predicted octanol–water partition coefficient (Wildman–Crippen LogP) is -0.541. The summed E-state index contributed by atoms with van der Waals surface area (Å²) in [5, 5.41) is 9.34. The highest BCUT2D eigenvalue weighted by molar-refractivity contribution is 5.81. The van der Waals surface area contributed by atoms with Gasteiger partial charge >= 0.3 is 5.97 Å². The van der Waals surface area contributed by atoms with Gasteiger partial charge in [0.25, 0.3) is 5.09 Å². The number of fused-ring (bicyclic) bond motifs is 1. The molecule has 2 heterocycles. The third-order valence-corrected chi connectivity index (χ3v) is 2.62. The van der Waals surface area contributed by atoms with Gasteiger partial charge < -0.3 is 19.0 Å². The lowest BCUT2D eigenvalue weighted by Gasteiger charge is -2.15. The maximum atomic E-state index is 11.0. The zero-order valence-electron chi connectivity index (χ0n) is 8.81. The Labute approximate surface area is 96.2 Å². The predicted molar refractivity (Wildman–Crippen MR) is 51.4 cm³/mol. The van der Waals surface area contributed by atoms with Gasteiger partial charge in [-0.15, -0.1) is 10.1 Å². The monoisotopic (exact) mass is 245 g/mol. The lowest BCUT2D eigenvalue weighted by Crippen LogP contribution is -2.35. The molecule has 0 radical (unpaired) electrons. The first-order valence-corrected chi connectivity index (χ1v) is 4.99. The molecule has 94 valence electrons. The van der Waals surface area contributed by atoms with Crippen LogP contribution in [-0.2, 0) is 23.8 Å². The van der Waals surface area contributed by atoms with Crippen molar-refractivity contribution in [1.29, 1.82) is 0 Å². The third kappa shape index (κ3) is 2.37. The number of ether oxygens (including phenoxy) is 3. The van der Waals surface area contributed by atoms with E-state index < -0.39 is 35.5 Å². The van der Waals surface area contributed by atoms with E-state index in [-0.39, 0.29) is 13.2 Å². The van der Waals surface area contributed by atoms with Gasteiger partial charge in [0.15, 0.2) is 12.2 Å². The molecule has 0 spiro atoms. The van der Waals surface area contributed by atoms with Crippen LogP contribution in [-0.4, -0.2) is 48.7 Å². The molecule has 4 atom stereocenters. The Hall–Kier alpha value is -1.67. The first-order chi connectivity index (χ1) is 8.11. The summed E-state index contributed by atoms with van der Waals surface area (Å²) >= 11 is 0. The van der Waals surface area contributed by atoms with E-state index in [1.807, 2.05) is 0 Å². The Balaban J connectivity index is 1.94. The minimum absolute atomic E-state index is 0.0401. The quantitative estimate of drug-likeness (QED) is 0.284. The SMILES string of the molecule is C=CC(=O)O[C@H]1CO[C@H]2[C@@H]1OC[C@H]2O[N+](=O)[O-]. The Morgan fingerprint density at radius 2 is 1.94 bits per heavy atom. The van der Waals surface area contributed by atoms with Crippen LogP contribution in [0.4, 0.5) is 0 Å². The second kappa shape index (κ2) is 4.68. The van der Waals surface area contributed by atoms with Crippen molar-refractivity contribution in [2.24, 2.45) is 0 Å². The largest absolute Gasteiger partial charge is 0.454 e. The molecule has 2 fully saturated rings. The maximum absolute atomic E-state index is 11.0. The van der Waals surface area contributed by atoms with E-state index >= 15 is 0 Å².